The maximum absolute atomic E-state index is 13.3. The number of rotatable bonds is 6. The zero-order chi connectivity index (χ0) is 14.5. The molecule has 1 fully saturated rings. The number of aliphatic hydroxyl groups excluding tert-OH is 1. The van der Waals surface area contributed by atoms with E-state index in [1.54, 1.807) is 0 Å². The molecule has 1 aromatic rings. The fourth-order valence-corrected chi connectivity index (χ4v) is 2.79. The van der Waals surface area contributed by atoms with Gasteiger partial charge in [-0.05, 0) is 44.0 Å². The number of halogens is 2. The topological polar surface area (TPSA) is 35.5 Å². The summed E-state index contributed by atoms with van der Waals surface area (Å²) >= 11 is 0. The Hall–Kier alpha value is -1.04. The van der Waals surface area contributed by atoms with Crippen LogP contribution in [-0.2, 0) is 0 Å². The third kappa shape index (κ3) is 3.98. The van der Waals surface area contributed by atoms with Gasteiger partial charge in [0.2, 0.25) is 0 Å². The molecule has 20 heavy (non-hydrogen) atoms. The van der Waals surface area contributed by atoms with Crippen LogP contribution in [0, 0.1) is 11.6 Å². The molecule has 0 radical (unpaired) electrons. The molecule has 3 nitrogen and oxygen atoms in total. The van der Waals surface area contributed by atoms with Crippen molar-refractivity contribution in [1.82, 2.24) is 10.2 Å². The first-order valence-electron chi connectivity index (χ1n) is 7.14. The van der Waals surface area contributed by atoms with E-state index in [-0.39, 0.29) is 12.6 Å². The van der Waals surface area contributed by atoms with Gasteiger partial charge in [-0.1, -0.05) is 0 Å². The smallest absolute Gasteiger partial charge is 0.126 e. The molecule has 0 aromatic heterocycles. The summed E-state index contributed by atoms with van der Waals surface area (Å²) < 4.78 is 26.6. The molecule has 1 aliphatic heterocycles. The molecule has 0 saturated carbocycles. The van der Waals surface area contributed by atoms with E-state index in [1.165, 1.54) is 12.1 Å². The van der Waals surface area contributed by atoms with Crippen molar-refractivity contribution in [3.05, 3.63) is 35.4 Å². The van der Waals surface area contributed by atoms with Gasteiger partial charge < -0.3 is 10.4 Å². The predicted octanol–water partition coefficient (Wildman–Crippen LogP) is 2.07. The SMILES string of the molecule is CC(c1cc(F)cc(F)c1)N(CCO)CC1CCCN1. The zero-order valence-electron chi connectivity index (χ0n) is 11.8. The van der Waals surface area contributed by atoms with Crippen molar-refractivity contribution >= 4 is 0 Å². The van der Waals surface area contributed by atoms with Crippen molar-refractivity contribution in [3.63, 3.8) is 0 Å². The minimum absolute atomic E-state index is 0.0366. The van der Waals surface area contributed by atoms with Gasteiger partial charge in [-0.25, -0.2) is 8.78 Å². The molecule has 0 spiro atoms. The molecular formula is C15H22F2N2O. The third-order valence-corrected chi connectivity index (χ3v) is 3.92. The van der Waals surface area contributed by atoms with Crippen molar-refractivity contribution in [2.45, 2.75) is 31.8 Å². The Balaban J connectivity index is 2.09. The van der Waals surface area contributed by atoms with Crippen LogP contribution in [-0.4, -0.2) is 42.3 Å². The summed E-state index contributed by atoms with van der Waals surface area (Å²) in [6.45, 7) is 4.24. The van der Waals surface area contributed by atoms with Gasteiger partial charge in [0.05, 0.1) is 6.61 Å². The fourth-order valence-electron chi connectivity index (χ4n) is 2.79. The third-order valence-electron chi connectivity index (χ3n) is 3.92. The number of hydrogen-bond donors (Lipinski definition) is 2. The Morgan fingerprint density at radius 3 is 2.60 bits per heavy atom. The molecule has 0 bridgehead atoms. The van der Waals surface area contributed by atoms with Crippen molar-refractivity contribution in [3.8, 4) is 0 Å². The average Bonchev–Trinajstić information content (AvgIpc) is 2.89. The minimum Gasteiger partial charge on any atom is -0.395 e. The summed E-state index contributed by atoms with van der Waals surface area (Å²) in [6.07, 6.45) is 2.26. The van der Waals surface area contributed by atoms with E-state index in [2.05, 4.69) is 10.2 Å². The molecule has 1 heterocycles. The lowest BCUT2D eigenvalue weighted by Gasteiger charge is -2.31. The van der Waals surface area contributed by atoms with Crippen LogP contribution >= 0.6 is 0 Å². The van der Waals surface area contributed by atoms with E-state index in [9.17, 15) is 13.9 Å². The van der Waals surface area contributed by atoms with Crippen molar-refractivity contribution in [2.75, 3.05) is 26.2 Å². The normalized spacial score (nSPS) is 20.6. The van der Waals surface area contributed by atoms with Gasteiger partial charge in [-0.2, -0.15) is 0 Å². The first-order valence-corrected chi connectivity index (χ1v) is 7.14. The summed E-state index contributed by atoms with van der Waals surface area (Å²) in [5, 5.41) is 12.6. The highest BCUT2D eigenvalue weighted by Gasteiger charge is 2.22. The Bertz CT molecular complexity index is 416. The molecule has 2 N–H and O–H groups in total. The van der Waals surface area contributed by atoms with Gasteiger partial charge in [0.1, 0.15) is 11.6 Å². The number of benzene rings is 1. The van der Waals surface area contributed by atoms with Gasteiger partial charge in [-0.15, -0.1) is 0 Å². The first-order chi connectivity index (χ1) is 9.60. The van der Waals surface area contributed by atoms with E-state index in [0.29, 0.717) is 18.2 Å². The van der Waals surface area contributed by atoms with Crippen molar-refractivity contribution < 1.29 is 13.9 Å². The first kappa shape index (κ1) is 15.4. The lowest BCUT2D eigenvalue weighted by Crippen LogP contribution is -2.40. The second kappa shape index (κ2) is 7.11. The van der Waals surface area contributed by atoms with Gasteiger partial charge >= 0.3 is 0 Å². The molecule has 0 aliphatic carbocycles. The zero-order valence-corrected chi connectivity index (χ0v) is 11.8. The summed E-state index contributed by atoms with van der Waals surface area (Å²) in [6, 6.07) is 3.86. The highest BCUT2D eigenvalue weighted by Crippen LogP contribution is 2.23. The fraction of sp³-hybridized carbons (Fsp3) is 0.600. The molecule has 0 amide bonds. The Morgan fingerprint density at radius 1 is 1.35 bits per heavy atom. The van der Waals surface area contributed by atoms with Crippen LogP contribution in [0.15, 0.2) is 18.2 Å². The number of nitrogens with zero attached hydrogens (tertiary/aromatic N) is 1. The molecule has 2 unspecified atom stereocenters. The molecule has 5 heteroatoms. The van der Waals surface area contributed by atoms with E-state index >= 15 is 0 Å². The number of nitrogens with one attached hydrogen (secondary N) is 1. The molecule has 112 valence electrons. The largest absolute Gasteiger partial charge is 0.395 e. The Morgan fingerprint density at radius 2 is 2.05 bits per heavy atom. The van der Waals surface area contributed by atoms with Crippen LogP contribution in [0.2, 0.25) is 0 Å². The van der Waals surface area contributed by atoms with Crippen LogP contribution in [0.4, 0.5) is 8.78 Å². The molecule has 1 aromatic carbocycles. The summed E-state index contributed by atoms with van der Waals surface area (Å²) in [5.41, 5.74) is 0.606. The van der Waals surface area contributed by atoms with Crippen LogP contribution in [0.5, 0.6) is 0 Å². The maximum Gasteiger partial charge on any atom is 0.126 e. The quantitative estimate of drug-likeness (QED) is 0.839. The molecular weight excluding hydrogens is 262 g/mol. The molecule has 2 rings (SSSR count). The highest BCUT2D eigenvalue weighted by molar-refractivity contribution is 5.21. The number of hydrogen-bond acceptors (Lipinski definition) is 3. The number of aliphatic hydroxyl groups is 1. The van der Waals surface area contributed by atoms with Gasteiger partial charge in [0.25, 0.3) is 0 Å². The standard InChI is InChI=1S/C15H22F2N2O/c1-11(12-7-13(16)9-14(17)8-12)19(5-6-20)10-15-3-2-4-18-15/h7-9,11,15,18,20H,2-6,10H2,1H3. The summed E-state index contributed by atoms with van der Waals surface area (Å²) in [5.74, 6) is -1.12. The second-order valence-corrected chi connectivity index (χ2v) is 5.39. The molecule has 2 atom stereocenters. The Labute approximate surface area is 118 Å². The maximum atomic E-state index is 13.3. The average molecular weight is 284 g/mol. The van der Waals surface area contributed by atoms with E-state index in [0.717, 1.165) is 32.0 Å². The lowest BCUT2D eigenvalue weighted by atomic mass is 10.1. The van der Waals surface area contributed by atoms with E-state index in [4.69, 9.17) is 0 Å². The van der Waals surface area contributed by atoms with E-state index in [1.807, 2.05) is 6.92 Å². The summed E-state index contributed by atoms with van der Waals surface area (Å²) in [4.78, 5) is 2.07. The van der Waals surface area contributed by atoms with Crippen LogP contribution in [0.25, 0.3) is 0 Å². The highest BCUT2D eigenvalue weighted by atomic mass is 19.1. The van der Waals surface area contributed by atoms with Crippen LogP contribution in [0.1, 0.15) is 31.4 Å². The lowest BCUT2D eigenvalue weighted by molar-refractivity contribution is 0.147. The van der Waals surface area contributed by atoms with E-state index < -0.39 is 11.6 Å². The second-order valence-electron chi connectivity index (χ2n) is 5.39. The van der Waals surface area contributed by atoms with Crippen molar-refractivity contribution in [2.24, 2.45) is 0 Å². The van der Waals surface area contributed by atoms with Crippen molar-refractivity contribution in [1.29, 1.82) is 0 Å². The Kier molecular flexibility index (Phi) is 5.46. The van der Waals surface area contributed by atoms with Crippen LogP contribution < -0.4 is 5.32 Å². The van der Waals surface area contributed by atoms with Gasteiger partial charge in [0, 0.05) is 31.2 Å². The van der Waals surface area contributed by atoms with Crippen LogP contribution in [0.3, 0.4) is 0 Å². The predicted molar refractivity (Wildman–Crippen MR) is 74.5 cm³/mol. The monoisotopic (exact) mass is 284 g/mol. The minimum atomic E-state index is -0.560. The molecule has 1 aliphatic rings. The van der Waals surface area contributed by atoms with Gasteiger partial charge in [-0.3, -0.25) is 4.90 Å². The van der Waals surface area contributed by atoms with Gasteiger partial charge in [0.15, 0.2) is 0 Å². The summed E-state index contributed by atoms with van der Waals surface area (Å²) in [7, 11) is 0. The molecule has 1 saturated heterocycles.